The minimum Gasteiger partial charge on any atom is -0.497 e. The van der Waals surface area contributed by atoms with Crippen molar-refractivity contribution in [3.8, 4) is 11.5 Å². The molecule has 1 aromatic carbocycles. The van der Waals surface area contributed by atoms with E-state index in [2.05, 4.69) is 20.5 Å². The molecule has 0 unspecified atom stereocenters. The number of nitrogens with one attached hydrogen (secondary N) is 3. The Bertz CT molecular complexity index is 617. The zero-order valence-electron chi connectivity index (χ0n) is 10.8. The first-order chi connectivity index (χ1) is 9.69. The lowest BCUT2D eigenvalue weighted by Gasteiger charge is -2.07. The van der Waals surface area contributed by atoms with Gasteiger partial charge in [0.05, 0.1) is 13.7 Å². The summed E-state index contributed by atoms with van der Waals surface area (Å²) >= 11 is 0. The van der Waals surface area contributed by atoms with Crippen LogP contribution in [0.15, 0.2) is 29.1 Å². The first kappa shape index (κ1) is 13.7. The van der Waals surface area contributed by atoms with E-state index in [1.165, 1.54) is 0 Å². The molecule has 0 aliphatic heterocycles. The quantitative estimate of drug-likeness (QED) is 0.640. The maximum Gasteiger partial charge on any atom is 0.341 e. The van der Waals surface area contributed by atoms with E-state index in [0.29, 0.717) is 18.9 Å². The van der Waals surface area contributed by atoms with Gasteiger partial charge in [-0.15, -0.1) is 5.10 Å². The largest absolute Gasteiger partial charge is 0.497 e. The van der Waals surface area contributed by atoms with Crippen LogP contribution >= 0.6 is 0 Å². The van der Waals surface area contributed by atoms with Crippen LogP contribution in [-0.2, 0) is 0 Å². The summed E-state index contributed by atoms with van der Waals surface area (Å²) < 4.78 is 10.5. The van der Waals surface area contributed by atoms with Crippen molar-refractivity contribution in [3.05, 3.63) is 40.6 Å². The Balaban J connectivity index is 1.73. The number of aromatic nitrogens is 3. The second kappa shape index (κ2) is 6.41. The number of amides is 1. The van der Waals surface area contributed by atoms with E-state index < -0.39 is 11.6 Å². The second-order valence-corrected chi connectivity index (χ2v) is 3.81. The fourth-order valence-electron chi connectivity index (χ4n) is 1.47. The highest BCUT2D eigenvalue weighted by Crippen LogP contribution is 2.16. The number of benzene rings is 1. The highest BCUT2D eigenvalue weighted by Gasteiger charge is 2.08. The number of H-pyrrole nitrogens is 2. The number of nitrogens with zero attached hydrogens (tertiary/aromatic N) is 1. The van der Waals surface area contributed by atoms with Gasteiger partial charge in [0.25, 0.3) is 5.91 Å². The van der Waals surface area contributed by atoms with Crippen LogP contribution in [0, 0.1) is 0 Å². The van der Waals surface area contributed by atoms with E-state index >= 15 is 0 Å². The van der Waals surface area contributed by atoms with Crippen LogP contribution in [0.3, 0.4) is 0 Å². The number of methoxy groups -OCH3 is 1. The summed E-state index contributed by atoms with van der Waals surface area (Å²) in [5.41, 5.74) is -0.523. The molecule has 0 aliphatic rings. The van der Waals surface area contributed by atoms with Gasteiger partial charge in [0.1, 0.15) is 18.1 Å². The van der Waals surface area contributed by atoms with Gasteiger partial charge < -0.3 is 14.8 Å². The minimum absolute atomic E-state index is 0.0561. The van der Waals surface area contributed by atoms with Crippen molar-refractivity contribution in [2.75, 3.05) is 20.3 Å². The van der Waals surface area contributed by atoms with Crippen molar-refractivity contribution in [3.63, 3.8) is 0 Å². The van der Waals surface area contributed by atoms with Gasteiger partial charge in [0, 0.05) is 0 Å². The normalized spacial score (nSPS) is 10.1. The highest BCUT2D eigenvalue weighted by atomic mass is 16.5. The third-order valence-electron chi connectivity index (χ3n) is 2.43. The van der Waals surface area contributed by atoms with Crippen LogP contribution in [-0.4, -0.2) is 41.3 Å². The van der Waals surface area contributed by atoms with Crippen LogP contribution < -0.4 is 20.5 Å². The van der Waals surface area contributed by atoms with E-state index in [1.807, 2.05) is 0 Å². The van der Waals surface area contributed by atoms with Crippen LogP contribution in [0.5, 0.6) is 11.5 Å². The Kier molecular flexibility index (Phi) is 4.38. The number of hydrogen-bond acceptors (Lipinski definition) is 5. The third-order valence-corrected chi connectivity index (χ3v) is 2.43. The summed E-state index contributed by atoms with van der Waals surface area (Å²) in [5.74, 6) is 0.891. The molecular weight excluding hydrogens is 264 g/mol. The lowest BCUT2D eigenvalue weighted by atomic mass is 10.3. The van der Waals surface area contributed by atoms with E-state index in [1.54, 1.807) is 31.4 Å². The van der Waals surface area contributed by atoms with E-state index in [4.69, 9.17) is 9.47 Å². The Morgan fingerprint density at radius 1 is 1.30 bits per heavy atom. The summed E-state index contributed by atoms with van der Waals surface area (Å²) in [5, 5.41) is 8.19. The van der Waals surface area contributed by atoms with Crippen molar-refractivity contribution < 1.29 is 14.3 Å². The maximum atomic E-state index is 11.5. The lowest BCUT2D eigenvalue weighted by Crippen LogP contribution is -2.29. The molecule has 2 rings (SSSR count). The smallest absolute Gasteiger partial charge is 0.341 e. The van der Waals surface area contributed by atoms with Crippen LogP contribution in [0.1, 0.15) is 10.6 Å². The molecule has 20 heavy (non-hydrogen) atoms. The SMILES string of the molecule is COc1ccc(OCCNC(=O)c2n[nH]c(=O)[nH]2)cc1. The molecule has 3 N–H and O–H groups in total. The molecule has 0 saturated carbocycles. The molecule has 1 heterocycles. The molecule has 8 nitrogen and oxygen atoms in total. The fraction of sp³-hybridized carbons (Fsp3) is 0.250. The molecule has 0 spiro atoms. The summed E-state index contributed by atoms with van der Waals surface area (Å²) in [4.78, 5) is 24.5. The maximum absolute atomic E-state index is 11.5. The topological polar surface area (TPSA) is 109 Å². The zero-order valence-corrected chi connectivity index (χ0v) is 10.8. The standard InChI is InChI=1S/C12H14N4O4/c1-19-8-2-4-9(5-3-8)20-7-6-13-11(17)10-14-12(18)16-15-10/h2-5H,6-7H2,1H3,(H,13,17)(H2,14,15,16,18). The Morgan fingerprint density at radius 2 is 2.00 bits per heavy atom. The molecule has 106 valence electrons. The number of aromatic amines is 2. The fourth-order valence-corrected chi connectivity index (χ4v) is 1.47. The zero-order chi connectivity index (χ0) is 14.4. The van der Waals surface area contributed by atoms with Crippen molar-refractivity contribution in [2.24, 2.45) is 0 Å². The Hall–Kier alpha value is -2.77. The van der Waals surface area contributed by atoms with Gasteiger partial charge in [0.15, 0.2) is 0 Å². The molecule has 0 bridgehead atoms. The number of ether oxygens (including phenoxy) is 2. The second-order valence-electron chi connectivity index (χ2n) is 3.81. The number of rotatable bonds is 6. The first-order valence-corrected chi connectivity index (χ1v) is 5.89. The van der Waals surface area contributed by atoms with Gasteiger partial charge in [-0.25, -0.2) is 9.89 Å². The molecule has 1 amide bonds. The average molecular weight is 278 g/mol. The monoisotopic (exact) mass is 278 g/mol. The molecular formula is C12H14N4O4. The van der Waals surface area contributed by atoms with Gasteiger partial charge >= 0.3 is 5.69 Å². The minimum atomic E-state index is -0.523. The molecule has 2 aromatic rings. The van der Waals surface area contributed by atoms with Gasteiger partial charge in [0.2, 0.25) is 5.82 Å². The Labute approximate surface area is 114 Å². The predicted octanol–water partition coefficient (Wildman–Crippen LogP) is -0.0846. The third kappa shape index (κ3) is 3.61. The number of carbonyl (C=O) groups excluding carboxylic acids is 1. The van der Waals surface area contributed by atoms with Crippen molar-refractivity contribution in [1.29, 1.82) is 0 Å². The summed E-state index contributed by atoms with van der Waals surface area (Å²) in [6.45, 7) is 0.590. The molecule has 8 heteroatoms. The van der Waals surface area contributed by atoms with Crippen LogP contribution in [0.25, 0.3) is 0 Å². The molecule has 0 fully saturated rings. The molecule has 0 saturated heterocycles. The van der Waals surface area contributed by atoms with Gasteiger partial charge in [-0.1, -0.05) is 0 Å². The van der Waals surface area contributed by atoms with Gasteiger partial charge in [-0.3, -0.25) is 9.78 Å². The number of hydrogen-bond donors (Lipinski definition) is 3. The molecule has 1 aromatic heterocycles. The van der Waals surface area contributed by atoms with Crippen LogP contribution in [0.4, 0.5) is 0 Å². The van der Waals surface area contributed by atoms with Crippen molar-refractivity contribution in [1.82, 2.24) is 20.5 Å². The predicted molar refractivity (Wildman–Crippen MR) is 70.0 cm³/mol. The van der Waals surface area contributed by atoms with E-state index in [-0.39, 0.29) is 5.82 Å². The highest BCUT2D eigenvalue weighted by molar-refractivity contribution is 5.90. The van der Waals surface area contributed by atoms with E-state index in [0.717, 1.165) is 5.75 Å². The number of carbonyl (C=O) groups is 1. The molecule has 0 atom stereocenters. The summed E-state index contributed by atoms with van der Waals surface area (Å²) in [6, 6.07) is 7.10. The Morgan fingerprint density at radius 3 is 2.60 bits per heavy atom. The van der Waals surface area contributed by atoms with Gasteiger partial charge in [-0.2, -0.15) is 0 Å². The summed E-state index contributed by atoms with van der Waals surface area (Å²) in [7, 11) is 1.59. The molecule has 0 aliphatic carbocycles. The first-order valence-electron chi connectivity index (χ1n) is 5.89. The molecule has 0 radical (unpaired) electrons. The van der Waals surface area contributed by atoms with Gasteiger partial charge in [-0.05, 0) is 24.3 Å². The average Bonchev–Trinajstić information content (AvgIpc) is 2.91. The van der Waals surface area contributed by atoms with Crippen LogP contribution in [0.2, 0.25) is 0 Å². The van der Waals surface area contributed by atoms with E-state index in [9.17, 15) is 9.59 Å². The van der Waals surface area contributed by atoms with Crippen molar-refractivity contribution in [2.45, 2.75) is 0 Å². The summed E-state index contributed by atoms with van der Waals surface area (Å²) in [6.07, 6.45) is 0. The lowest BCUT2D eigenvalue weighted by molar-refractivity contribution is 0.0937. The van der Waals surface area contributed by atoms with Crippen molar-refractivity contribution >= 4 is 5.91 Å².